The Morgan fingerprint density at radius 3 is 2.83 bits per heavy atom. The van der Waals surface area contributed by atoms with Crippen LogP contribution in [0.15, 0.2) is 29.6 Å². The summed E-state index contributed by atoms with van der Waals surface area (Å²) < 4.78 is 25.8. The highest BCUT2D eigenvalue weighted by Crippen LogP contribution is 2.26. The van der Waals surface area contributed by atoms with E-state index < -0.39 is 10.0 Å². The number of nitrogens with zero attached hydrogens (tertiary/aromatic N) is 1. The van der Waals surface area contributed by atoms with E-state index >= 15 is 0 Å². The summed E-state index contributed by atoms with van der Waals surface area (Å²) in [6.07, 6.45) is 1.14. The van der Waals surface area contributed by atoms with E-state index in [-0.39, 0.29) is 11.7 Å². The van der Waals surface area contributed by atoms with Gasteiger partial charge in [-0.2, -0.15) is 0 Å². The molecule has 0 spiro atoms. The summed E-state index contributed by atoms with van der Waals surface area (Å²) >= 11 is 1.50. The molecule has 0 bridgehead atoms. The molecule has 130 valence electrons. The van der Waals surface area contributed by atoms with Gasteiger partial charge in [-0.15, -0.1) is 11.3 Å². The number of hydrogen-bond donors (Lipinski definition) is 2. The zero-order valence-electron chi connectivity index (χ0n) is 13.7. The van der Waals surface area contributed by atoms with Crippen LogP contribution >= 0.6 is 11.3 Å². The molecule has 8 heteroatoms. The van der Waals surface area contributed by atoms with Crippen LogP contribution in [0.4, 0.5) is 5.69 Å². The molecule has 24 heavy (non-hydrogen) atoms. The summed E-state index contributed by atoms with van der Waals surface area (Å²) in [5.41, 5.74) is 2.49. The molecule has 0 aliphatic rings. The predicted octanol–water partition coefficient (Wildman–Crippen LogP) is 2.64. The first kappa shape index (κ1) is 18.6. The number of carbonyl (C=O) groups is 1. The summed E-state index contributed by atoms with van der Waals surface area (Å²) in [5, 5.41) is 5.51. The summed E-state index contributed by atoms with van der Waals surface area (Å²) in [6, 6.07) is 7.48. The van der Waals surface area contributed by atoms with E-state index in [1.807, 2.05) is 36.6 Å². The van der Waals surface area contributed by atoms with E-state index in [0.717, 1.165) is 22.0 Å². The summed E-state index contributed by atoms with van der Waals surface area (Å²) in [6.45, 7) is 3.65. The van der Waals surface area contributed by atoms with Gasteiger partial charge in [0.05, 0.1) is 11.4 Å². The van der Waals surface area contributed by atoms with Gasteiger partial charge in [-0.25, -0.2) is 18.1 Å². The van der Waals surface area contributed by atoms with Crippen LogP contribution in [0.25, 0.3) is 10.6 Å². The summed E-state index contributed by atoms with van der Waals surface area (Å²) in [7, 11) is -3.18. The third kappa shape index (κ3) is 5.70. The number of sulfonamides is 1. The second kappa shape index (κ2) is 8.36. The third-order valence-electron chi connectivity index (χ3n) is 3.16. The quantitative estimate of drug-likeness (QED) is 0.751. The Morgan fingerprint density at radius 1 is 1.33 bits per heavy atom. The first-order valence-electron chi connectivity index (χ1n) is 7.69. The fraction of sp³-hybridized carbons (Fsp3) is 0.375. The number of nitrogens with one attached hydrogen (secondary N) is 2. The third-order valence-corrected chi connectivity index (χ3v) is 5.69. The standard InChI is InChI=1S/C16H21N3O3S2/c1-3-9-24(21,22)17-8-7-15-11-23-16(19-15)13-5-4-6-14(10-13)18-12(2)20/h4-6,10-11,17H,3,7-9H2,1-2H3,(H,18,20). The van der Waals surface area contributed by atoms with Crippen molar-refractivity contribution < 1.29 is 13.2 Å². The van der Waals surface area contributed by atoms with Gasteiger partial charge in [0.15, 0.2) is 0 Å². The van der Waals surface area contributed by atoms with E-state index in [1.54, 1.807) is 0 Å². The molecule has 1 amide bonds. The monoisotopic (exact) mass is 367 g/mol. The number of anilines is 1. The van der Waals surface area contributed by atoms with Crippen LogP contribution in [0.1, 0.15) is 26.0 Å². The van der Waals surface area contributed by atoms with Crippen molar-refractivity contribution in [1.29, 1.82) is 0 Å². The van der Waals surface area contributed by atoms with E-state index in [2.05, 4.69) is 15.0 Å². The minimum atomic E-state index is -3.18. The van der Waals surface area contributed by atoms with Crippen molar-refractivity contribution in [3.63, 3.8) is 0 Å². The van der Waals surface area contributed by atoms with Gasteiger partial charge in [0.1, 0.15) is 5.01 Å². The molecule has 2 aromatic rings. The van der Waals surface area contributed by atoms with E-state index in [0.29, 0.717) is 19.4 Å². The average molecular weight is 367 g/mol. The highest BCUT2D eigenvalue weighted by Gasteiger charge is 2.09. The number of rotatable bonds is 8. The van der Waals surface area contributed by atoms with Crippen molar-refractivity contribution in [2.45, 2.75) is 26.7 Å². The van der Waals surface area contributed by atoms with Gasteiger partial charge in [0.25, 0.3) is 0 Å². The van der Waals surface area contributed by atoms with Crippen LogP contribution in [-0.4, -0.2) is 31.6 Å². The smallest absolute Gasteiger partial charge is 0.221 e. The van der Waals surface area contributed by atoms with Gasteiger partial charge >= 0.3 is 0 Å². The highest BCUT2D eigenvalue weighted by molar-refractivity contribution is 7.89. The highest BCUT2D eigenvalue weighted by atomic mass is 32.2. The Hall–Kier alpha value is -1.77. The van der Waals surface area contributed by atoms with Crippen molar-refractivity contribution in [3.05, 3.63) is 35.3 Å². The van der Waals surface area contributed by atoms with Gasteiger partial charge in [-0.05, 0) is 18.6 Å². The molecule has 0 aliphatic carbocycles. The lowest BCUT2D eigenvalue weighted by Crippen LogP contribution is -2.28. The molecule has 6 nitrogen and oxygen atoms in total. The van der Waals surface area contributed by atoms with Gasteiger partial charge in [-0.3, -0.25) is 4.79 Å². The average Bonchev–Trinajstić information content (AvgIpc) is 2.95. The second-order valence-electron chi connectivity index (χ2n) is 5.37. The molecule has 1 heterocycles. The molecular weight excluding hydrogens is 346 g/mol. The number of benzene rings is 1. The molecule has 0 unspecified atom stereocenters. The van der Waals surface area contributed by atoms with Crippen LogP contribution < -0.4 is 10.0 Å². The maximum absolute atomic E-state index is 11.6. The fourth-order valence-electron chi connectivity index (χ4n) is 2.16. The number of thiazole rings is 1. The number of hydrogen-bond acceptors (Lipinski definition) is 5. The number of carbonyl (C=O) groups excluding carboxylic acids is 1. The molecule has 0 saturated heterocycles. The molecule has 1 aromatic carbocycles. The maximum atomic E-state index is 11.6. The van der Waals surface area contributed by atoms with Gasteiger partial charge in [0.2, 0.25) is 15.9 Å². The lowest BCUT2D eigenvalue weighted by Gasteiger charge is -2.04. The first-order valence-corrected chi connectivity index (χ1v) is 10.2. The van der Waals surface area contributed by atoms with Crippen molar-refractivity contribution in [2.24, 2.45) is 0 Å². The molecule has 0 radical (unpaired) electrons. The Balaban J connectivity index is 1.99. The molecule has 0 saturated carbocycles. The Labute approximate surface area is 146 Å². The molecule has 2 N–H and O–H groups in total. The largest absolute Gasteiger partial charge is 0.326 e. The first-order chi connectivity index (χ1) is 11.4. The molecule has 0 atom stereocenters. The fourth-order valence-corrected chi connectivity index (χ4v) is 4.11. The van der Waals surface area contributed by atoms with Crippen molar-refractivity contribution in [1.82, 2.24) is 9.71 Å². The zero-order chi connectivity index (χ0) is 17.6. The zero-order valence-corrected chi connectivity index (χ0v) is 15.3. The SMILES string of the molecule is CCCS(=O)(=O)NCCc1csc(-c2cccc(NC(C)=O)c2)n1. The summed E-state index contributed by atoms with van der Waals surface area (Å²) in [5.74, 6) is 0.0250. The molecule has 0 aliphatic heterocycles. The Bertz CT molecular complexity index is 800. The van der Waals surface area contributed by atoms with E-state index in [4.69, 9.17) is 0 Å². The minimum absolute atomic E-state index is 0.119. The van der Waals surface area contributed by atoms with Crippen molar-refractivity contribution in [3.8, 4) is 10.6 Å². The number of amides is 1. The Kier molecular flexibility index (Phi) is 6.47. The van der Waals surface area contributed by atoms with E-state index in [1.165, 1.54) is 18.3 Å². The van der Waals surface area contributed by atoms with Gasteiger partial charge in [0, 0.05) is 36.5 Å². The molecule has 0 fully saturated rings. The molecular formula is C16H21N3O3S2. The Morgan fingerprint density at radius 2 is 2.12 bits per heavy atom. The van der Waals surface area contributed by atoms with Crippen LogP contribution in [-0.2, 0) is 21.2 Å². The van der Waals surface area contributed by atoms with Crippen LogP contribution in [0, 0.1) is 0 Å². The topological polar surface area (TPSA) is 88.2 Å². The van der Waals surface area contributed by atoms with Crippen LogP contribution in [0.3, 0.4) is 0 Å². The van der Waals surface area contributed by atoms with Crippen LogP contribution in [0.2, 0.25) is 0 Å². The van der Waals surface area contributed by atoms with Crippen molar-refractivity contribution >= 4 is 33.0 Å². The summed E-state index contributed by atoms with van der Waals surface area (Å²) in [4.78, 5) is 15.7. The maximum Gasteiger partial charge on any atom is 0.221 e. The lowest BCUT2D eigenvalue weighted by atomic mass is 10.2. The predicted molar refractivity (Wildman–Crippen MR) is 97.6 cm³/mol. The van der Waals surface area contributed by atoms with Crippen LogP contribution in [0.5, 0.6) is 0 Å². The van der Waals surface area contributed by atoms with Crippen molar-refractivity contribution in [2.75, 3.05) is 17.6 Å². The van der Waals surface area contributed by atoms with Gasteiger partial charge in [-0.1, -0.05) is 19.1 Å². The van der Waals surface area contributed by atoms with E-state index in [9.17, 15) is 13.2 Å². The normalized spacial score (nSPS) is 11.4. The molecule has 1 aromatic heterocycles. The minimum Gasteiger partial charge on any atom is -0.326 e. The van der Waals surface area contributed by atoms with Gasteiger partial charge < -0.3 is 5.32 Å². The molecule has 2 rings (SSSR count). The second-order valence-corrected chi connectivity index (χ2v) is 8.15. The lowest BCUT2D eigenvalue weighted by molar-refractivity contribution is -0.114. The number of aromatic nitrogens is 1.